The highest BCUT2D eigenvalue weighted by Gasteiger charge is 2.61. The van der Waals surface area contributed by atoms with Gasteiger partial charge in [-0.05, 0) is 18.2 Å². The smallest absolute Gasteiger partial charge is 0.303 e. The average molecular weight is 574 g/mol. The summed E-state index contributed by atoms with van der Waals surface area (Å²) in [6.45, 7) is 14.4. The Morgan fingerprint density at radius 3 is 2.58 bits per heavy atom. The molecule has 1 fully saturated rings. The number of fused-ring (bicyclic) bond motifs is 1. The lowest BCUT2D eigenvalue weighted by Gasteiger charge is -2.24. The summed E-state index contributed by atoms with van der Waals surface area (Å²) in [7, 11) is -3.84. The number of sulfonamides is 1. The molecule has 4 rings (SSSR count). The zero-order valence-electron chi connectivity index (χ0n) is 20.3. The normalized spacial score (nSPS) is 15.7. The number of aromatic nitrogens is 3. The maximum absolute atomic E-state index is 13.8. The van der Waals surface area contributed by atoms with Crippen molar-refractivity contribution >= 4 is 51.9 Å². The maximum atomic E-state index is 13.8. The molecule has 0 atom stereocenters. The van der Waals surface area contributed by atoms with Gasteiger partial charge in [0.25, 0.3) is 16.4 Å². The first-order valence-electron chi connectivity index (χ1n) is 11.2. The van der Waals surface area contributed by atoms with E-state index in [2.05, 4.69) is 34.7 Å². The largest absolute Gasteiger partial charge is 0.365 e. The molecule has 2 heterocycles. The molecule has 194 valence electrons. The van der Waals surface area contributed by atoms with Gasteiger partial charge in [0, 0.05) is 38.9 Å². The van der Waals surface area contributed by atoms with Gasteiger partial charge in [-0.15, -0.1) is 10.2 Å². The Morgan fingerprint density at radius 1 is 1.33 bits per heavy atom. The molecule has 0 aliphatic heterocycles. The molecule has 0 bridgehead atoms. The Bertz CT molecular complexity index is 1440. The highest BCUT2D eigenvalue weighted by Crippen LogP contribution is 2.47. The third-order valence-electron chi connectivity index (χ3n) is 6.02. The number of hydrogen-bond acceptors (Lipinski definition) is 6. The van der Waals surface area contributed by atoms with Crippen LogP contribution in [0.5, 0.6) is 0 Å². The third kappa shape index (κ3) is 5.20. The number of aryl methyl sites for hydroxylation is 1. The summed E-state index contributed by atoms with van der Waals surface area (Å²) < 4.78 is 62.4. The van der Waals surface area contributed by atoms with Crippen molar-refractivity contribution in [3.05, 3.63) is 39.8 Å². The Labute approximate surface area is 218 Å². The second kappa shape index (κ2) is 9.73. The van der Waals surface area contributed by atoms with Crippen molar-refractivity contribution in [2.45, 2.75) is 55.5 Å². The number of nitrogens with zero attached hydrogens (tertiary/aromatic N) is 5. The van der Waals surface area contributed by atoms with E-state index in [1.165, 1.54) is 12.1 Å². The molecule has 2 aromatic heterocycles. The number of halogens is 3. The minimum Gasteiger partial charge on any atom is -0.365 e. The van der Waals surface area contributed by atoms with Crippen molar-refractivity contribution in [3.8, 4) is 10.6 Å². The van der Waals surface area contributed by atoms with Crippen LogP contribution in [-0.4, -0.2) is 54.6 Å². The molecule has 36 heavy (non-hydrogen) atoms. The summed E-state index contributed by atoms with van der Waals surface area (Å²) in [4.78, 5) is 3.52. The van der Waals surface area contributed by atoms with Crippen molar-refractivity contribution in [2.75, 3.05) is 13.3 Å². The summed E-state index contributed by atoms with van der Waals surface area (Å²) >= 11 is 7.27. The van der Waals surface area contributed by atoms with E-state index < -0.39 is 35.2 Å². The Balaban J connectivity index is 1.75. The quantitative estimate of drug-likeness (QED) is 0.129. The Kier molecular flexibility index (Phi) is 7.33. The van der Waals surface area contributed by atoms with Gasteiger partial charge in [0.1, 0.15) is 11.7 Å². The number of hydrogen-bond donors (Lipinski definition) is 0. The number of alkyl halides is 2. The Morgan fingerprint density at radius 2 is 2.03 bits per heavy atom. The monoisotopic (exact) mass is 573 g/mol. The van der Waals surface area contributed by atoms with Crippen molar-refractivity contribution in [1.29, 1.82) is 0 Å². The average Bonchev–Trinajstić information content (AvgIpc) is 3.26. The van der Waals surface area contributed by atoms with Crippen molar-refractivity contribution in [1.82, 2.24) is 19.1 Å². The first kappa shape index (κ1) is 27.1. The molecule has 1 aromatic carbocycles. The van der Waals surface area contributed by atoms with Gasteiger partial charge in [-0.25, -0.2) is 23.8 Å². The number of ether oxygens (including phenoxy) is 1. The molecule has 0 radical (unpaired) electrons. The van der Waals surface area contributed by atoms with Crippen molar-refractivity contribution in [2.24, 2.45) is 7.05 Å². The van der Waals surface area contributed by atoms with Gasteiger partial charge in [-0.2, -0.15) is 0 Å². The Hall–Kier alpha value is -1.95. The number of benzene rings is 1. The third-order valence-corrected chi connectivity index (χ3v) is 10.8. The van der Waals surface area contributed by atoms with Crippen LogP contribution in [-0.2, 0) is 21.8 Å². The van der Waals surface area contributed by atoms with Crippen LogP contribution in [0.1, 0.15) is 24.3 Å². The lowest BCUT2D eigenvalue weighted by atomic mass is 10.2. The predicted octanol–water partition coefficient (Wildman–Crippen LogP) is 6.00. The van der Waals surface area contributed by atoms with E-state index in [0.717, 1.165) is 21.7 Å². The zero-order chi connectivity index (χ0) is 26.5. The summed E-state index contributed by atoms with van der Waals surface area (Å²) in [6, 6.07) is 3.66. The fourth-order valence-corrected chi connectivity index (χ4v) is 7.38. The van der Waals surface area contributed by atoms with E-state index in [9.17, 15) is 17.2 Å². The van der Waals surface area contributed by atoms with Gasteiger partial charge < -0.3 is 9.30 Å². The van der Waals surface area contributed by atoms with E-state index >= 15 is 0 Å². The van der Waals surface area contributed by atoms with Crippen LogP contribution in [0.25, 0.3) is 26.3 Å². The molecule has 1 aliphatic rings. The van der Waals surface area contributed by atoms with Crippen LogP contribution in [0.2, 0.25) is 30.7 Å². The van der Waals surface area contributed by atoms with Crippen LogP contribution in [0.4, 0.5) is 8.78 Å². The summed E-state index contributed by atoms with van der Waals surface area (Å²) in [5.41, 5.74) is -0.201. The molecule has 0 N–H and O–H groups in total. The van der Waals surface area contributed by atoms with Gasteiger partial charge in [0.05, 0.1) is 28.3 Å². The van der Waals surface area contributed by atoms with Gasteiger partial charge in [0.2, 0.25) is 0 Å². The first-order valence-corrected chi connectivity index (χ1v) is 17.5. The van der Waals surface area contributed by atoms with Crippen molar-refractivity contribution in [3.63, 3.8) is 0 Å². The SMILES string of the molecule is [C-]#[N+]C1(N(COCC[Si](C)(C)C)S(=O)(=O)c2cc(Cl)c3c(c2)c(-c2nnc(C(F)F)s2)cn3C)CC1. The summed E-state index contributed by atoms with van der Waals surface area (Å²) in [5, 5.41) is 7.83. The van der Waals surface area contributed by atoms with Gasteiger partial charge in [0.15, 0.2) is 5.01 Å². The highest BCUT2D eigenvalue weighted by molar-refractivity contribution is 7.89. The standard InChI is InChI=1S/C22H26ClF2N5O3S2Si/c1-26-22(6-7-22)30(13-33-8-9-36(3,4)5)35(31,32)14-10-15-16(12-29(2)18(15)17(23)11-14)20-27-28-21(34-20)19(24)25/h10-12,19H,6-9,13H2,2-5H3. The minimum atomic E-state index is -4.18. The van der Waals surface area contributed by atoms with Gasteiger partial charge in [-0.3, -0.25) is 4.85 Å². The molecule has 14 heteroatoms. The second-order valence-electron chi connectivity index (χ2n) is 10.00. The topological polar surface area (TPSA) is 81.7 Å². The summed E-state index contributed by atoms with van der Waals surface area (Å²) in [6.07, 6.45) is -0.271. The molecule has 1 saturated carbocycles. The van der Waals surface area contributed by atoms with Gasteiger partial charge in [-0.1, -0.05) is 46.9 Å². The van der Waals surface area contributed by atoms with E-state index in [4.69, 9.17) is 22.9 Å². The van der Waals surface area contributed by atoms with Gasteiger partial charge >= 0.3 is 5.66 Å². The predicted molar refractivity (Wildman–Crippen MR) is 138 cm³/mol. The fourth-order valence-electron chi connectivity index (χ4n) is 3.81. The molecule has 0 saturated heterocycles. The lowest BCUT2D eigenvalue weighted by molar-refractivity contribution is 0.0642. The molecular formula is C22H26ClF2N5O3S2Si. The molecule has 0 spiro atoms. The maximum Gasteiger partial charge on any atom is 0.303 e. The van der Waals surface area contributed by atoms with E-state index in [1.807, 2.05) is 0 Å². The van der Waals surface area contributed by atoms with Crippen LogP contribution >= 0.6 is 22.9 Å². The molecule has 1 aliphatic carbocycles. The zero-order valence-corrected chi connectivity index (χ0v) is 23.6. The van der Waals surface area contributed by atoms with E-state index in [1.54, 1.807) is 17.8 Å². The molecule has 3 aromatic rings. The molecular weight excluding hydrogens is 548 g/mol. The number of rotatable bonds is 10. The molecule has 0 unspecified atom stereocenters. The van der Waals surface area contributed by atoms with E-state index in [0.29, 0.717) is 35.9 Å². The van der Waals surface area contributed by atoms with Crippen LogP contribution < -0.4 is 0 Å². The first-order chi connectivity index (χ1) is 16.8. The highest BCUT2D eigenvalue weighted by atomic mass is 35.5. The second-order valence-corrected chi connectivity index (χ2v) is 18.9. The molecule has 8 nitrogen and oxygen atoms in total. The van der Waals surface area contributed by atoms with Crippen LogP contribution in [0.15, 0.2) is 23.2 Å². The van der Waals surface area contributed by atoms with Crippen molar-refractivity contribution < 1.29 is 21.9 Å². The summed E-state index contributed by atoms with van der Waals surface area (Å²) in [5.74, 6) is 0. The minimum absolute atomic E-state index is 0.102. The van der Waals surface area contributed by atoms with E-state index in [-0.39, 0.29) is 21.7 Å². The van der Waals surface area contributed by atoms with Crippen LogP contribution in [0.3, 0.4) is 0 Å². The lowest BCUT2D eigenvalue weighted by Crippen LogP contribution is -2.42. The van der Waals surface area contributed by atoms with Crippen LogP contribution in [0, 0.1) is 6.57 Å². The molecule has 0 amide bonds. The fraction of sp³-hybridized carbons (Fsp3) is 0.500.